The van der Waals surface area contributed by atoms with Gasteiger partial charge in [0.05, 0.1) is 0 Å². The molecule has 122 valence electrons. The van der Waals surface area contributed by atoms with E-state index < -0.39 is 5.91 Å². The number of carbonyl (C=O) groups is 1. The fourth-order valence-electron chi connectivity index (χ4n) is 2.36. The van der Waals surface area contributed by atoms with Gasteiger partial charge in [-0.25, -0.2) is 0 Å². The van der Waals surface area contributed by atoms with E-state index in [1.54, 1.807) is 30.3 Å². The second kappa shape index (κ2) is 7.52. The smallest absolute Gasteiger partial charge is 0.266 e. The molecule has 25 heavy (non-hydrogen) atoms. The molecule has 1 amide bonds. The molecule has 0 aliphatic rings. The maximum Gasteiger partial charge on any atom is 0.266 e. The number of nitrogens with zero attached hydrogens (tertiary/aromatic N) is 2. The van der Waals surface area contributed by atoms with Crippen molar-refractivity contribution in [3.05, 3.63) is 89.2 Å². The van der Waals surface area contributed by atoms with Crippen LogP contribution in [-0.4, -0.2) is 10.5 Å². The van der Waals surface area contributed by atoms with Crippen LogP contribution in [0.25, 0.3) is 11.8 Å². The Kier molecular flexibility index (Phi) is 4.98. The van der Waals surface area contributed by atoms with E-state index in [2.05, 4.69) is 5.32 Å². The molecule has 0 saturated carbocycles. The molecule has 0 aliphatic carbocycles. The van der Waals surface area contributed by atoms with Crippen molar-refractivity contribution in [2.45, 2.75) is 0 Å². The van der Waals surface area contributed by atoms with E-state index in [-0.39, 0.29) is 5.57 Å². The predicted molar refractivity (Wildman–Crippen MR) is 99.4 cm³/mol. The minimum atomic E-state index is -0.447. The van der Waals surface area contributed by atoms with Gasteiger partial charge in [0.15, 0.2) is 0 Å². The lowest BCUT2D eigenvalue weighted by Gasteiger charge is -2.08. The van der Waals surface area contributed by atoms with E-state index in [1.807, 2.05) is 59.3 Å². The summed E-state index contributed by atoms with van der Waals surface area (Å²) < 4.78 is 1.88. The lowest BCUT2D eigenvalue weighted by molar-refractivity contribution is -0.112. The molecule has 0 bridgehead atoms. The number of anilines is 1. The third-order valence-electron chi connectivity index (χ3n) is 3.57. The first kappa shape index (κ1) is 16.6. The molecule has 0 atom stereocenters. The van der Waals surface area contributed by atoms with Crippen molar-refractivity contribution in [3.8, 4) is 11.8 Å². The molecular formula is C20H14ClN3O. The number of nitriles is 1. The molecule has 3 rings (SSSR count). The van der Waals surface area contributed by atoms with E-state index in [1.165, 1.54) is 0 Å². The molecule has 2 aromatic carbocycles. The van der Waals surface area contributed by atoms with Crippen molar-refractivity contribution in [1.82, 2.24) is 4.57 Å². The van der Waals surface area contributed by atoms with Crippen LogP contribution in [0, 0.1) is 11.3 Å². The Morgan fingerprint density at radius 1 is 1.04 bits per heavy atom. The first-order valence-corrected chi connectivity index (χ1v) is 7.96. The van der Waals surface area contributed by atoms with Crippen LogP contribution in [0.1, 0.15) is 5.69 Å². The fraction of sp³-hybridized carbons (Fsp3) is 0. The lowest BCUT2D eigenvalue weighted by atomic mass is 10.2. The van der Waals surface area contributed by atoms with Gasteiger partial charge in [-0.1, -0.05) is 29.8 Å². The fourth-order valence-corrected chi connectivity index (χ4v) is 2.49. The van der Waals surface area contributed by atoms with E-state index in [0.717, 1.165) is 11.4 Å². The number of aromatic nitrogens is 1. The van der Waals surface area contributed by atoms with Gasteiger partial charge in [0.1, 0.15) is 11.6 Å². The number of hydrogen-bond donors (Lipinski definition) is 1. The van der Waals surface area contributed by atoms with Gasteiger partial charge in [-0.05, 0) is 54.6 Å². The second-order valence-electron chi connectivity index (χ2n) is 5.27. The Balaban J connectivity index is 1.88. The van der Waals surface area contributed by atoms with Gasteiger partial charge in [0, 0.05) is 28.3 Å². The Morgan fingerprint density at radius 3 is 2.44 bits per heavy atom. The summed E-state index contributed by atoms with van der Waals surface area (Å²) >= 11 is 5.92. The van der Waals surface area contributed by atoms with Crippen LogP contribution in [0.3, 0.4) is 0 Å². The largest absolute Gasteiger partial charge is 0.321 e. The van der Waals surface area contributed by atoms with Gasteiger partial charge in [-0.15, -0.1) is 0 Å². The third-order valence-corrected chi connectivity index (χ3v) is 3.83. The number of carbonyl (C=O) groups excluding carboxylic acids is 1. The van der Waals surface area contributed by atoms with Gasteiger partial charge in [-0.2, -0.15) is 5.26 Å². The maximum atomic E-state index is 12.3. The molecule has 1 N–H and O–H groups in total. The number of halogens is 1. The Bertz CT molecular complexity index is 951. The summed E-state index contributed by atoms with van der Waals surface area (Å²) in [7, 11) is 0. The molecular weight excluding hydrogens is 334 g/mol. The highest BCUT2D eigenvalue weighted by Crippen LogP contribution is 2.18. The van der Waals surface area contributed by atoms with Crippen LogP contribution < -0.4 is 5.32 Å². The van der Waals surface area contributed by atoms with Crippen molar-refractivity contribution in [1.29, 1.82) is 5.26 Å². The zero-order chi connectivity index (χ0) is 17.6. The summed E-state index contributed by atoms with van der Waals surface area (Å²) in [6.07, 6.45) is 3.42. The number of benzene rings is 2. The third kappa shape index (κ3) is 3.97. The van der Waals surface area contributed by atoms with Crippen LogP contribution in [0.15, 0.2) is 78.5 Å². The van der Waals surface area contributed by atoms with Crippen molar-refractivity contribution < 1.29 is 4.79 Å². The standard InChI is InChI=1S/C20H14ClN3O/c21-16-8-10-18(11-9-16)24-12-4-7-19(24)13-15(14-22)20(25)23-17-5-2-1-3-6-17/h1-13H,(H,23,25). The molecule has 3 aromatic rings. The number of nitrogens with one attached hydrogen (secondary N) is 1. The summed E-state index contributed by atoms with van der Waals surface area (Å²) in [6, 6.07) is 22.0. The summed E-state index contributed by atoms with van der Waals surface area (Å²) in [5, 5.41) is 12.7. The minimum Gasteiger partial charge on any atom is -0.321 e. The average Bonchev–Trinajstić information content (AvgIpc) is 3.09. The number of para-hydroxylation sites is 1. The van der Waals surface area contributed by atoms with Gasteiger partial charge >= 0.3 is 0 Å². The quantitative estimate of drug-likeness (QED) is 0.550. The van der Waals surface area contributed by atoms with E-state index >= 15 is 0 Å². The molecule has 1 aromatic heterocycles. The zero-order valence-electron chi connectivity index (χ0n) is 13.2. The van der Waals surface area contributed by atoms with E-state index in [4.69, 9.17) is 11.6 Å². The molecule has 0 radical (unpaired) electrons. The number of hydrogen-bond acceptors (Lipinski definition) is 2. The number of amides is 1. The SMILES string of the molecule is N#CC(=Cc1cccn1-c1ccc(Cl)cc1)C(=O)Nc1ccccc1. The molecule has 5 heteroatoms. The predicted octanol–water partition coefficient (Wildman–Crippen LogP) is 4.68. The average molecular weight is 348 g/mol. The Hall–Kier alpha value is -3.29. The summed E-state index contributed by atoms with van der Waals surface area (Å²) in [6.45, 7) is 0. The monoisotopic (exact) mass is 347 g/mol. The van der Waals surface area contributed by atoms with Crippen LogP contribution in [0.2, 0.25) is 5.02 Å². The first-order chi connectivity index (χ1) is 12.2. The molecule has 0 fully saturated rings. The molecule has 1 heterocycles. The normalized spacial score (nSPS) is 11.0. The van der Waals surface area contributed by atoms with Crippen LogP contribution in [-0.2, 0) is 4.79 Å². The first-order valence-electron chi connectivity index (χ1n) is 7.59. The minimum absolute atomic E-state index is 0.0257. The summed E-state index contributed by atoms with van der Waals surface area (Å²) in [5.74, 6) is -0.447. The zero-order valence-corrected chi connectivity index (χ0v) is 13.9. The second-order valence-corrected chi connectivity index (χ2v) is 5.71. The number of rotatable bonds is 4. The highest BCUT2D eigenvalue weighted by Gasteiger charge is 2.11. The Labute approximate surface area is 150 Å². The summed E-state index contributed by atoms with van der Waals surface area (Å²) in [4.78, 5) is 12.3. The van der Waals surface area contributed by atoms with Gasteiger partial charge < -0.3 is 9.88 Å². The van der Waals surface area contributed by atoms with E-state index in [9.17, 15) is 10.1 Å². The van der Waals surface area contributed by atoms with Crippen LogP contribution >= 0.6 is 11.6 Å². The topological polar surface area (TPSA) is 57.8 Å². The van der Waals surface area contributed by atoms with Crippen LogP contribution in [0.5, 0.6) is 0 Å². The van der Waals surface area contributed by atoms with E-state index in [0.29, 0.717) is 10.7 Å². The van der Waals surface area contributed by atoms with Gasteiger partial charge in [0.25, 0.3) is 5.91 Å². The Morgan fingerprint density at radius 2 is 1.76 bits per heavy atom. The van der Waals surface area contributed by atoms with Crippen molar-refractivity contribution in [3.63, 3.8) is 0 Å². The van der Waals surface area contributed by atoms with Gasteiger partial charge in [0.2, 0.25) is 0 Å². The van der Waals surface area contributed by atoms with Crippen molar-refractivity contribution in [2.75, 3.05) is 5.32 Å². The molecule has 0 spiro atoms. The highest BCUT2D eigenvalue weighted by atomic mass is 35.5. The molecule has 0 unspecified atom stereocenters. The molecule has 0 saturated heterocycles. The lowest BCUT2D eigenvalue weighted by Crippen LogP contribution is -2.13. The van der Waals surface area contributed by atoms with Crippen molar-refractivity contribution in [2.24, 2.45) is 0 Å². The molecule has 0 aliphatic heterocycles. The summed E-state index contributed by atoms with van der Waals surface area (Å²) in [5.41, 5.74) is 2.28. The van der Waals surface area contributed by atoms with Crippen LogP contribution in [0.4, 0.5) is 5.69 Å². The maximum absolute atomic E-state index is 12.3. The van der Waals surface area contributed by atoms with Crippen molar-refractivity contribution >= 4 is 29.3 Å². The van der Waals surface area contributed by atoms with Gasteiger partial charge in [-0.3, -0.25) is 4.79 Å². The molecule has 4 nitrogen and oxygen atoms in total. The highest BCUT2D eigenvalue weighted by molar-refractivity contribution is 6.30.